The smallest absolute Gasteiger partial charge is 0.250 e. The highest BCUT2D eigenvalue weighted by atomic mass is 32.2. The number of rotatable bonds is 5. The molecular formula is C12H19NO4S2. The SMILES string of the molecule is CCc1ccc(S(=O)(=O)NC2(CO)CCOCC2)s1. The van der Waals surface area contributed by atoms with E-state index >= 15 is 0 Å². The van der Waals surface area contributed by atoms with Crippen molar-refractivity contribution in [3.63, 3.8) is 0 Å². The molecule has 0 bridgehead atoms. The van der Waals surface area contributed by atoms with Gasteiger partial charge in [0.15, 0.2) is 0 Å². The fourth-order valence-corrected chi connectivity index (χ4v) is 4.83. The standard InChI is InChI=1S/C12H19NO4S2/c1-2-10-3-4-11(18-10)19(15,16)13-12(9-14)5-7-17-8-6-12/h3-4,13-14H,2,5-9H2,1H3. The summed E-state index contributed by atoms with van der Waals surface area (Å²) in [6, 6.07) is 3.45. The lowest BCUT2D eigenvalue weighted by Crippen LogP contribution is -2.54. The number of nitrogens with one attached hydrogen (secondary N) is 1. The van der Waals surface area contributed by atoms with Crippen LogP contribution in [0.3, 0.4) is 0 Å². The summed E-state index contributed by atoms with van der Waals surface area (Å²) in [5, 5.41) is 9.52. The van der Waals surface area contributed by atoms with E-state index in [0.29, 0.717) is 30.3 Å². The van der Waals surface area contributed by atoms with Gasteiger partial charge in [-0.25, -0.2) is 13.1 Å². The summed E-state index contributed by atoms with van der Waals surface area (Å²) in [6.07, 6.45) is 1.81. The van der Waals surface area contributed by atoms with Gasteiger partial charge in [-0.2, -0.15) is 0 Å². The van der Waals surface area contributed by atoms with Crippen LogP contribution in [0.4, 0.5) is 0 Å². The first-order valence-corrected chi connectivity index (χ1v) is 8.63. The molecular weight excluding hydrogens is 286 g/mol. The first-order chi connectivity index (χ1) is 9.01. The van der Waals surface area contributed by atoms with Crippen LogP contribution >= 0.6 is 11.3 Å². The van der Waals surface area contributed by atoms with Gasteiger partial charge in [0.25, 0.3) is 10.0 Å². The molecule has 2 rings (SSSR count). The lowest BCUT2D eigenvalue weighted by molar-refractivity contribution is 0.0223. The summed E-state index contributed by atoms with van der Waals surface area (Å²) in [6.45, 7) is 2.71. The molecule has 2 N–H and O–H groups in total. The van der Waals surface area contributed by atoms with Gasteiger partial charge in [0.1, 0.15) is 4.21 Å². The number of hydrogen-bond donors (Lipinski definition) is 2. The third kappa shape index (κ3) is 3.35. The number of hydrogen-bond acceptors (Lipinski definition) is 5. The Morgan fingerprint density at radius 3 is 2.63 bits per heavy atom. The molecule has 0 amide bonds. The van der Waals surface area contributed by atoms with Crippen LogP contribution in [-0.2, 0) is 21.2 Å². The number of ether oxygens (including phenoxy) is 1. The van der Waals surface area contributed by atoms with Gasteiger partial charge in [0, 0.05) is 18.1 Å². The van der Waals surface area contributed by atoms with E-state index in [-0.39, 0.29) is 6.61 Å². The highest BCUT2D eigenvalue weighted by molar-refractivity contribution is 7.91. The van der Waals surface area contributed by atoms with E-state index in [4.69, 9.17) is 4.74 Å². The summed E-state index contributed by atoms with van der Waals surface area (Å²) in [4.78, 5) is 1.03. The number of thiophene rings is 1. The maximum atomic E-state index is 12.3. The van der Waals surface area contributed by atoms with Crippen LogP contribution in [0.5, 0.6) is 0 Å². The van der Waals surface area contributed by atoms with Crippen LogP contribution in [0.25, 0.3) is 0 Å². The van der Waals surface area contributed by atoms with Crippen LogP contribution in [-0.4, -0.2) is 38.9 Å². The Kier molecular flexibility index (Phi) is 4.62. The molecule has 5 nitrogen and oxygen atoms in total. The van der Waals surface area contributed by atoms with Gasteiger partial charge >= 0.3 is 0 Å². The molecule has 1 saturated heterocycles. The Balaban J connectivity index is 2.19. The van der Waals surface area contributed by atoms with Crippen molar-refractivity contribution in [3.05, 3.63) is 17.0 Å². The van der Waals surface area contributed by atoms with Crippen molar-refractivity contribution in [2.45, 2.75) is 35.9 Å². The Morgan fingerprint density at radius 2 is 2.11 bits per heavy atom. The molecule has 2 heterocycles. The first-order valence-electron chi connectivity index (χ1n) is 6.33. The van der Waals surface area contributed by atoms with E-state index in [1.54, 1.807) is 6.07 Å². The van der Waals surface area contributed by atoms with E-state index in [9.17, 15) is 13.5 Å². The van der Waals surface area contributed by atoms with Crippen molar-refractivity contribution in [1.29, 1.82) is 0 Å². The first kappa shape index (κ1) is 14.9. The highest BCUT2D eigenvalue weighted by Gasteiger charge is 2.36. The van der Waals surface area contributed by atoms with Gasteiger partial charge in [0.2, 0.25) is 0 Å². The molecule has 0 radical (unpaired) electrons. The predicted octanol–water partition coefficient (Wildman–Crippen LogP) is 1.13. The molecule has 108 valence electrons. The minimum absolute atomic E-state index is 0.207. The predicted molar refractivity (Wildman–Crippen MR) is 73.9 cm³/mol. The van der Waals surface area contributed by atoms with Crippen molar-refractivity contribution < 1.29 is 18.3 Å². The number of aliphatic hydroxyl groups is 1. The maximum Gasteiger partial charge on any atom is 0.250 e. The second kappa shape index (κ2) is 5.88. The molecule has 1 aliphatic rings. The average molecular weight is 305 g/mol. The zero-order valence-corrected chi connectivity index (χ0v) is 12.5. The molecule has 1 aliphatic heterocycles. The summed E-state index contributed by atoms with van der Waals surface area (Å²) in [5.41, 5.74) is -0.784. The van der Waals surface area contributed by atoms with Gasteiger partial charge in [0.05, 0.1) is 12.1 Å². The molecule has 0 atom stereocenters. The van der Waals surface area contributed by atoms with Gasteiger partial charge in [-0.1, -0.05) is 6.92 Å². The monoisotopic (exact) mass is 305 g/mol. The molecule has 0 aromatic carbocycles. The second-order valence-electron chi connectivity index (χ2n) is 4.73. The molecule has 0 unspecified atom stereocenters. The highest BCUT2D eigenvalue weighted by Crippen LogP contribution is 2.26. The Labute approximate surface area is 117 Å². The molecule has 1 aromatic rings. The normalized spacial score (nSPS) is 19.5. The van der Waals surface area contributed by atoms with Gasteiger partial charge < -0.3 is 9.84 Å². The number of aryl methyl sites for hydroxylation is 1. The topological polar surface area (TPSA) is 75.6 Å². The Bertz CT molecular complexity index is 518. The number of aliphatic hydroxyl groups excluding tert-OH is 1. The largest absolute Gasteiger partial charge is 0.394 e. The average Bonchev–Trinajstić information content (AvgIpc) is 2.89. The van der Waals surface area contributed by atoms with Gasteiger partial charge in [-0.05, 0) is 31.4 Å². The van der Waals surface area contributed by atoms with Gasteiger partial charge in [-0.15, -0.1) is 11.3 Å². The van der Waals surface area contributed by atoms with E-state index in [1.807, 2.05) is 13.0 Å². The minimum Gasteiger partial charge on any atom is -0.394 e. The van der Waals surface area contributed by atoms with Crippen molar-refractivity contribution >= 4 is 21.4 Å². The quantitative estimate of drug-likeness (QED) is 0.855. The lowest BCUT2D eigenvalue weighted by atomic mass is 9.93. The van der Waals surface area contributed by atoms with Crippen molar-refractivity contribution in [3.8, 4) is 0 Å². The summed E-state index contributed by atoms with van der Waals surface area (Å²) in [5.74, 6) is 0. The molecule has 19 heavy (non-hydrogen) atoms. The van der Waals surface area contributed by atoms with Crippen molar-refractivity contribution in [1.82, 2.24) is 4.72 Å². The minimum atomic E-state index is -3.57. The van der Waals surface area contributed by atoms with Crippen LogP contribution in [0.1, 0.15) is 24.6 Å². The molecule has 0 saturated carbocycles. The summed E-state index contributed by atoms with van der Waals surface area (Å²) >= 11 is 1.27. The zero-order valence-electron chi connectivity index (χ0n) is 10.9. The van der Waals surface area contributed by atoms with Crippen molar-refractivity contribution in [2.75, 3.05) is 19.8 Å². The van der Waals surface area contributed by atoms with E-state index in [2.05, 4.69) is 4.72 Å². The summed E-state index contributed by atoms with van der Waals surface area (Å²) in [7, 11) is -3.57. The fourth-order valence-electron chi connectivity index (χ4n) is 2.08. The zero-order chi connectivity index (χ0) is 13.9. The number of sulfonamides is 1. The third-order valence-corrected chi connectivity index (χ3v) is 6.65. The Morgan fingerprint density at radius 1 is 1.42 bits per heavy atom. The molecule has 1 fully saturated rings. The Hall–Kier alpha value is -0.470. The van der Waals surface area contributed by atoms with E-state index in [1.165, 1.54) is 11.3 Å². The van der Waals surface area contributed by atoms with Crippen LogP contribution < -0.4 is 4.72 Å². The van der Waals surface area contributed by atoms with Crippen LogP contribution in [0.15, 0.2) is 16.3 Å². The third-order valence-electron chi connectivity index (χ3n) is 3.35. The van der Waals surface area contributed by atoms with E-state index in [0.717, 1.165) is 11.3 Å². The van der Waals surface area contributed by atoms with Gasteiger partial charge in [-0.3, -0.25) is 0 Å². The molecule has 0 spiro atoms. The molecule has 1 aromatic heterocycles. The molecule has 0 aliphatic carbocycles. The van der Waals surface area contributed by atoms with E-state index < -0.39 is 15.6 Å². The fraction of sp³-hybridized carbons (Fsp3) is 0.667. The second-order valence-corrected chi connectivity index (χ2v) is 7.81. The maximum absolute atomic E-state index is 12.3. The lowest BCUT2D eigenvalue weighted by Gasteiger charge is -2.35. The summed E-state index contributed by atoms with van der Waals surface area (Å²) < 4.78 is 32.9. The molecule has 7 heteroatoms. The van der Waals surface area contributed by atoms with Crippen LogP contribution in [0, 0.1) is 0 Å². The van der Waals surface area contributed by atoms with Crippen molar-refractivity contribution in [2.24, 2.45) is 0 Å². The van der Waals surface area contributed by atoms with Crippen LogP contribution in [0.2, 0.25) is 0 Å².